The molecule has 1 aliphatic rings. The summed E-state index contributed by atoms with van der Waals surface area (Å²) >= 11 is 7.98. The van der Waals surface area contributed by atoms with Gasteiger partial charge in [-0.3, -0.25) is 4.79 Å². The molecule has 174 valence electrons. The molecule has 5 rings (SSSR count). The first-order chi connectivity index (χ1) is 16.3. The number of hydrogen-bond donors (Lipinski definition) is 1. The van der Waals surface area contributed by atoms with Crippen LogP contribution in [0.5, 0.6) is 0 Å². The smallest absolute Gasteiger partial charge is 0.255 e. The highest BCUT2D eigenvalue weighted by atomic mass is 35.5. The van der Waals surface area contributed by atoms with Gasteiger partial charge in [-0.25, -0.2) is 13.4 Å². The van der Waals surface area contributed by atoms with Gasteiger partial charge in [-0.05, 0) is 67.8 Å². The fraction of sp³-hybridized carbons (Fsp3) is 0.200. The van der Waals surface area contributed by atoms with Crippen LogP contribution in [-0.2, 0) is 10.0 Å². The number of amides is 1. The first-order valence-corrected chi connectivity index (χ1v) is 13.5. The molecule has 4 aromatic rings. The van der Waals surface area contributed by atoms with Crippen molar-refractivity contribution in [3.8, 4) is 10.6 Å². The van der Waals surface area contributed by atoms with E-state index in [0.717, 1.165) is 33.6 Å². The lowest BCUT2D eigenvalue weighted by atomic mass is 10.1. The summed E-state index contributed by atoms with van der Waals surface area (Å²) in [6, 6.07) is 17.8. The Morgan fingerprint density at radius 1 is 1.06 bits per heavy atom. The van der Waals surface area contributed by atoms with Crippen molar-refractivity contribution in [1.29, 1.82) is 0 Å². The SMILES string of the molecule is Cc1ccc(S(=O)(=O)N2CCCC2)cc1C(=O)Nc1ccc(Cl)c(-c2nc3ccccc3s2)c1. The van der Waals surface area contributed by atoms with Gasteiger partial charge < -0.3 is 5.32 Å². The van der Waals surface area contributed by atoms with Crippen molar-refractivity contribution in [1.82, 2.24) is 9.29 Å². The number of rotatable bonds is 5. The minimum absolute atomic E-state index is 0.136. The van der Waals surface area contributed by atoms with Gasteiger partial charge in [0.05, 0.1) is 20.1 Å². The van der Waals surface area contributed by atoms with Crippen LogP contribution in [0, 0.1) is 6.92 Å². The molecule has 1 amide bonds. The standard InChI is InChI=1S/C25H22ClN3O3S2/c1-16-8-10-18(34(31,32)29-12-4-5-13-29)15-19(16)24(30)27-17-9-11-21(26)20(14-17)25-28-22-6-2-3-7-23(22)33-25/h2-3,6-11,14-15H,4-5,12-13H2,1H3,(H,27,30). The Hall–Kier alpha value is -2.78. The predicted molar refractivity (Wildman–Crippen MR) is 137 cm³/mol. The van der Waals surface area contributed by atoms with Crippen molar-refractivity contribution < 1.29 is 13.2 Å². The molecule has 1 fully saturated rings. The van der Waals surface area contributed by atoms with Crippen LogP contribution in [0.3, 0.4) is 0 Å². The molecule has 34 heavy (non-hydrogen) atoms. The fourth-order valence-corrected chi connectivity index (χ4v) is 6.84. The zero-order valence-electron chi connectivity index (χ0n) is 18.4. The van der Waals surface area contributed by atoms with E-state index in [9.17, 15) is 13.2 Å². The topological polar surface area (TPSA) is 79.4 Å². The van der Waals surface area contributed by atoms with Gasteiger partial charge in [-0.15, -0.1) is 11.3 Å². The first kappa shape index (κ1) is 23.0. The van der Waals surface area contributed by atoms with Crippen LogP contribution in [0.1, 0.15) is 28.8 Å². The highest BCUT2D eigenvalue weighted by Gasteiger charge is 2.28. The molecule has 9 heteroatoms. The molecular formula is C25H22ClN3O3S2. The largest absolute Gasteiger partial charge is 0.322 e. The Balaban J connectivity index is 1.44. The van der Waals surface area contributed by atoms with Crippen molar-refractivity contribution in [2.24, 2.45) is 0 Å². The molecule has 2 heterocycles. The van der Waals surface area contributed by atoms with Gasteiger partial charge >= 0.3 is 0 Å². The van der Waals surface area contributed by atoms with Crippen molar-refractivity contribution >= 4 is 54.8 Å². The van der Waals surface area contributed by atoms with E-state index in [1.807, 2.05) is 24.3 Å². The summed E-state index contributed by atoms with van der Waals surface area (Å²) in [6.07, 6.45) is 1.71. The average Bonchev–Trinajstić information content (AvgIpc) is 3.51. The molecule has 1 aromatic heterocycles. The first-order valence-electron chi connectivity index (χ1n) is 10.9. The van der Waals surface area contributed by atoms with Crippen molar-refractivity contribution in [3.05, 3.63) is 76.8 Å². The number of anilines is 1. The van der Waals surface area contributed by atoms with Gasteiger partial charge in [0, 0.05) is 29.9 Å². The summed E-state index contributed by atoms with van der Waals surface area (Å²) in [5, 5.41) is 4.18. The van der Waals surface area contributed by atoms with Crippen molar-refractivity contribution in [2.75, 3.05) is 18.4 Å². The number of fused-ring (bicyclic) bond motifs is 1. The van der Waals surface area contributed by atoms with Gasteiger partial charge in [-0.2, -0.15) is 4.31 Å². The second kappa shape index (κ2) is 9.11. The fourth-order valence-electron chi connectivity index (χ4n) is 4.04. The van der Waals surface area contributed by atoms with Crippen LogP contribution in [0.15, 0.2) is 65.6 Å². The molecule has 1 N–H and O–H groups in total. The van der Waals surface area contributed by atoms with E-state index in [4.69, 9.17) is 11.6 Å². The number of nitrogens with one attached hydrogen (secondary N) is 1. The van der Waals surface area contributed by atoms with E-state index in [1.54, 1.807) is 37.3 Å². The van der Waals surface area contributed by atoms with Crippen molar-refractivity contribution in [2.45, 2.75) is 24.7 Å². The molecule has 0 unspecified atom stereocenters. The van der Waals surface area contributed by atoms with Gasteiger partial charge in [0.15, 0.2) is 0 Å². The zero-order chi connectivity index (χ0) is 23.9. The number of carbonyl (C=O) groups excluding carboxylic acids is 1. The Morgan fingerprint density at radius 2 is 1.82 bits per heavy atom. The molecule has 0 bridgehead atoms. The molecule has 1 aliphatic heterocycles. The van der Waals surface area contributed by atoms with Gasteiger partial charge in [0.1, 0.15) is 5.01 Å². The maximum Gasteiger partial charge on any atom is 0.255 e. The minimum Gasteiger partial charge on any atom is -0.322 e. The van der Waals surface area contributed by atoms with E-state index < -0.39 is 10.0 Å². The molecule has 6 nitrogen and oxygen atoms in total. The summed E-state index contributed by atoms with van der Waals surface area (Å²) in [5.41, 5.74) is 3.17. The van der Waals surface area contributed by atoms with Crippen LogP contribution < -0.4 is 5.32 Å². The molecule has 0 atom stereocenters. The van der Waals surface area contributed by atoms with E-state index >= 15 is 0 Å². The third-order valence-electron chi connectivity index (χ3n) is 5.90. The number of para-hydroxylation sites is 1. The van der Waals surface area contributed by atoms with E-state index in [2.05, 4.69) is 10.3 Å². The Kier molecular flexibility index (Phi) is 6.16. The minimum atomic E-state index is -3.62. The van der Waals surface area contributed by atoms with Crippen LogP contribution in [-0.4, -0.2) is 36.7 Å². The molecule has 0 spiro atoms. The lowest BCUT2D eigenvalue weighted by Gasteiger charge is -2.17. The summed E-state index contributed by atoms with van der Waals surface area (Å²) in [5.74, 6) is -0.381. The predicted octanol–water partition coefficient (Wildman–Crippen LogP) is 5.96. The number of aromatic nitrogens is 1. The summed E-state index contributed by atoms with van der Waals surface area (Å²) in [4.78, 5) is 17.9. The van der Waals surface area contributed by atoms with Gasteiger partial charge in [0.25, 0.3) is 5.91 Å². The highest BCUT2D eigenvalue weighted by molar-refractivity contribution is 7.89. The number of nitrogens with zero attached hydrogens (tertiary/aromatic N) is 2. The van der Waals surface area contributed by atoms with Crippen molar-refractivity contribution in [3.63, 3.8) is 0 Å². The van der Waals surface area contributed by atoms with Crippen LogP contribution in [0.2, 0.25) is 5.02 Å². The van der Waals surface area contributed by atoms with Gasteiger partial charge in [0.2, 0.25) is 10.0 Å². The summed E-state index contributed by atoms with van der Waals surface area (Å²) in [6.45, 7) is 2.81. The number of halogens is 1. The molecule has 1 saturated heterocycles. The number of aryl methyl sites for hydroxylation is 1. The average molecular weight is 512 g/mol. The molecule has 0 saturated carbocycles. The lowest BCUT2D eigenvalue weighted by molar-refractivity contribution is 0.102. The maximum absolute atomic E-state index is 13.1. The number of sulfonamides is 1. The van der Waals surface area contributed by atoms with Gasteiger partial charge in [-0.1, -0.05) is 29.8 Å². The Morgan fingerprint density at radius 3 is 2.59 bits per heavy atom. The second-order valence-corrected chi connectivity index (χ2v) is 11.6. The molecular weight excluding hydrogens is 490 g/mol. The molecule has 0 radical (unpaired) electrons. The number of thiazole rings is 1. The quantitative estimate of drug-likeness (QED) is 0.358. The second-order valence-electron chi connectivity index (χ2n) is 8.22. The van der Waals surface area contributed by atoms with E-state index in [1.165, 1.54) is 21.7 Å². The molecule has 0 aliphatic carbocycles. The Bertz CT molecular complexity index is 1480. The third kappa shape index (κ3) is 4.34. The highest BCUT2D eigenvalue weighted by Crippen LogP contribution is 2.36. The molecule has 3 aromatic carbocycles. The monoisotopic (exact) mass is 511 g/mol. The zero-order valence-corrected chi connectivity index (χ0v) is 20.8. The number of hydrogen-bond acceptors (Lipinski definition) is 5. The maximum atomic E-state index is 13.1. The van der Waals surface area contributed by atoms with Crippen LogP contribution >= 0.6 is 22.9 Å². The van der Waals surface area contributed by atoms with E-state index in [0.29, 0.717) is 34.9 Å². The van der Waals surface area contributed by atoms with Crippen LogP contribution in [0.25, 0.3) is 20.8 Å². The lowest BCUT2D eigenvalue weighted by Crippen LogP contribution is -2.28. The van der Waals surface area contributed by atoms with E-state index in [-0.39, 0.29) is 10.8 Å². The third-order valence-corrected chi connectivity index (χ3v) is 9.20. The van der Waals surface area contributed by atoms with Crippen LogP contribution in [0.4, 0.5) is 5.69 Å². The number of carbonyl (C=O) groups is 1. The summed E-state index contributed by atoms with van der Waals surface area (Å²) in [7, 11) is -3.62. The normalized spacial score (nSPS) is 14.5. The number of benzene rings is 3. The summed E-state index contributed by atoms with van der Waals surface area (Å²) < 4.78 is 28.5. The Labute approximate surface area is 207 Å².